The third kappa shape index (κ3) is 3.21. The van der Waals surface area contributed by atoms with Gasteiger partial charge in [0, 0.05) is 5.02 Å². The summed E-state index contributed by atoms with van der Waals surface area (Å²) in [6.07, 6.45) is 2.58. The van der Waals surface area contributed by atoms with Crippen LogP contribution in [0.25, 0.3) is 10.6 Å². The van der Waals surface area contributed by atoms with Crippen molar-refractivity contribution in [2.75, 3.05) is 6.61 Å². The fraction of sp³-hybridized carbons (Fsp3) is 0.250. The molecule has 0 radical (unpaired) electrons. The highest BCUT2D eigenvalue weighted by Gasteiger charge is 2.15. The molecular formula is C16H16ClN3OS. The van der Waals surface area contributed by atoms with Gasteiger partial charge in [-0.15, -0.1) is 16.4 Å². The predicted octanol–water partition coefficient (Wildman–Crippen LogP) is 3.74. The molecule has 6 heteroatoms. The van der Waals surface area contributed by atoms with Crippen LogP contribution in [0, 0.1) is 6.92 Å². The molecule has 0 spiro atoms. The zero-order valence-electron chi connectivity index (χ0n) is 12.1. The topological polar surface area (TPSA) is 50.9 Å². The van der Waals surface area contributed by atoms with Gasteiger partial charge in [-0.2, -0.15) is 0 Å². The highest BCUT2D eigenvalue weighted by molar-refractivity contribution is 7.13. The maximum absolute atomic E-state index is 9.68. The standard InChI is InChI=1S/C16H16ClN3OS/c1-11-6-7-22-16(11)15-9-20(19-18-15)14(10-21)8-12-2-4-13(17)5-3-12/h2-7,9,14,21H,8,10H2,1H3/t14-/m0/s1. The Hall–Kier alpha value is -1.69. The first-order chi connectivity index (χ1) is 10.7. The predicted molar refractivity (Wildman–Crippen MR) is 89.4 cm³/mol. The quantitative estimate of drug-likeness (QED) is 0.773. The molecule has 0 bridgehead atoms. The van der Waals surface area contributed by atoms with E-state index in [0.29, 0.717) is 11.4 Å². The first-order valence-corrected chi connectivity index (χ1v) is 8.24. The normalized spacial score (nSPS) is 12.5. The molecule has 1 aromatic carbocycles. The van der Waals surface area contributed by atoms with Crippen molar-refractivity contribution in [3.8, 4) is 10.6 Å². The van der Waals surface area contributed by atoms with Crippen LogP contribution in [0.3, 0.4) is 0 Å². The molecule has 4 nitrogen and oxygen atoms in total. The Bertz CT molecular complexity index is 751. The summed E-state index contributed by atoms with van der Waals surface area (Å²) in [7, 11) is 0. The summed E-state index contributed by atoms with van der Waals surface area (Å²) in [6.45, 7) is 2.07. The number of hydrogen-bond donors (Lipinski definition) is 1. The van der Waals surface area contributed by atoms with Crippen LogP contribution in [-0.2, 0) is 6.42 Å². The van der Waals surface area contributed by atoms with Crippen LogP contribution < -0.4 is 0 Å². The zero-order chi connectivity index (χ0) is 15.5. The lowest BCUT2D eigenvalue weighted by atomic mass is 10.1. The van der Waals surface area contributed by atoms with E-state index in [1.54, 1.807) is 16.0 Å². The molecule has 0 amide bonds. The van der Waals surface area contributed by atoms with Crippen molar-refractivity contribution in [1.29, 1.82) is 0 Å². The van der Waals surface area contributed by atoms with E-state index in [9.17, 15) is 5.11 Å². The van der Waals surface area contributed by atoms with Crippen molar-refractivity contribution in [2.45, 2.75) is 19.4 Å². The summed E-state index contributed by atoms with van der Waals surface area (Å²) in [5.41, 5.74) is 3.14. The Balaban J connectivity index is 1.81. The molecule has 3 rings (SSSR count). The second-order valence-electron chi connectivity index (χ2n) is 5.18. The van der Waals surface area contributed by atoms with Crippen LogP contribution in [0.5, 0.6) is 0 Å². The van der Waals surface area contributed by atoms with E-state index in [1.807, 2.05) is 35.8 Å². The minimum atomic E-state index is -0.136. The Morgan fingerprint density at radius 3 is 2.68 bits per heavy atom. The van der Waals surface area contributed by atoms with E-state index < -0.39 is 0 Å². The number of nitrogens with zero attached hydrogens (tertiary/aromatic N) is 3. The second kappa shape index (κ2) is 6.60. The highest BCUT2D eigenvalue weighted by Crippen LogP contribution is 2.27. The van der Waals surface area contributed by atoms with Crippen LogP contribution >= 0.6 is 22.9 Å². The van der Waals surface area contributed by atoms with Crippen LogP contribution in [0.15, 0.2) is 41.9 Å². The first kappa shape index (κ1) is 15.2. The van der Waals surface area contributed by atoms with Crippen molar-refractivity contribution in [1.82, 2.24) is 15.0 Å². The number of aliphatic hydroxyl groups is 1. The molecule has 1 atom stereocenters. The largest absolute Gasteiger partial charge is 0.394 e. The Labute approximate surface area is 138 Å². The highest BCUT2D eigenvalue weighted by atomic mass is 35.5. The SMILES string of the molecule is Cc1ccsc1-c1cn([C@H](CO)Cc2ccc(Cl)cc2)nn1. The number of aryl methyl sites for hydroxylation is 1. The van der Waals surface area contributed by atoms with Gasteiger partial charge in [0.2, 0.25) is 0 Å². The summed E-state index contributed by atoms with van der Waals surface area (Å²) in [5, 5.41) is 20.8. The van der Waals surface area contributed by atoms with Crippen molar-refractivity contribution in [3.05, 3.63) is 58.1 Å². The van der Waals surface area contributed by atoms with E-state index in [2.05, 4.69) is 23.3 Å². The Kier molecular flexibility index (Phi) is 4.57. The molecule has 3 aromatic rings. The summed E-state index contributed by atoms with van der Waals surface area (Å²) < 4.78 is 1.74. The van der Waals surface area contributed by atoms with Gasteiger partial charge in [0.15, 0.2) is 0 Å². The van der Waals surface area contributed by atoms with Crippen molar-refractivity contribution >= 4 is 22.9 Å². The smallest absolute Gasteiger partial charge is 0.123 e. The number of aromatic nitrogens is 3. The van der Waals surface area contributed by atoms with Gasteiger partial charge in [-0.25, -0.2) is 4.68 Å². The summed E-state index contributed by atoms with van der Waals surface area (Å²) >= 11 is 7.55. The van der Waals surface area contributed by atoms with Crippen LogP contribution in [-0.4, -0.2) is 26.7 Å². The van der Waals surface area contributed by atoms with Gasteiger partial charge in [0.05, 0.1) is 23.7 Å². The van der Waals surface area contributed by atoms with Crippen LogP contribution in [0.4, 0.5) is 0 Å². The number of hydrogen-bond acceptors (Lipinski definition) is 4. The molecule has 0 aliphatic heterocycles. The molecule has 114 valence electrons. The average molecular weight is 334 g/mol. The fourth-order valence-corrected chi connectivity index (χ4v) is 3.33. The van der Waals surface area contributed by atoms with Gasteiger partial charge in [-0.3, -0.25) is 0 Å². The van der Waals surface area contributed by atoms with E-state index in [1.165, 1.54) is 5.56 Å². The van der Waals surface area contributed by atoms with Gasteiger partial charge in [-0.1, -0.05) is 28.9 Å². The molecule has 0 fully saturated rings. The second-order valence-corrected chi connectivity index (χ2v) is 6.54. The van der Waals surface area contributed by atoms with Crippen molar-refractivity contribution in [3.63, 3.8) is 0 Å². The van der Waals surface area contributed by atoms with E-state index >= 15 is 0 Å². The molecule has 0 aliphatic carbocycles. The summed E-state index contributed by atoms with van der Waals surface area (Å²) in [4.78, 5) is 1.12. The third-order valence-electron chi connectivity index (χ3n) is 3.57. The van der Waals surface area contributed by atoms with Gasteiger partial charge in [0.25, 0.3) is 0 Å². The van der Waals surface area contributed by atoms with Gasteiger partial charge in [-0.05, 0) is 48.1 Å². The van der Waals surface area contributed by atoms with E-state index in [0.717, 1.165) is 16.1 Å². The third-order valence-corrected chi connectivity index (χ3v) is 4.87. The van der Waals surface area contributed by atoms with Crippen molar-refractivity contribution < 1.29 is 5.11 Å². The number of halogens is 1. The minimum absolute atomic E-state index is 0.00878. The monoisotopic (exact) mass is 333 g/mol. The van der Waals surface area contributed by atoms with Crippen molar-refractivity contribution in [2.24, 2.45) is 0 Å². The maximum atomic E-state index is 9.68. The molecule has 0 saturated heterocycles. The Morgan fingerprint density at radius 2 is 2.05 bits per heavy atom. The fourth-order valence-electron chi connectivity index (χ4n) is 2.33. The molecule has 0 saturated carbocycles. The number of thiophene rings is 1. The maximum Gasteiger partial charge on any atom is 0.123 e. The Morgan fingerprint density at radius 1 is 1.27 bits per heavy atom. The number of benzene rings is 1. The van der Waals surface area contributed by atoms with Gasteiger partial charge >= 0.3 is 0 Å². The van der Waals surface area contributed by atoms with Crippen LogP contribution in [0.2, 0.25) is 5.02 Å². The van der Waals surface area contributed by atoms with Gasteiger partial charge < -0.3 is 5.11 Å². The van der Waals surface area contributed by atoms with E-state index in [-0.39, 0.29) is 12.6 Å². The average Bonchev–Trinajstić information content (AvgIpc) is 3.15. The summed E-state index contributed by atoms with van der Waals surface area (Å²) in [5.74, 6) is 0. The zero-order valence-corrected chi connectivity index (χ0v) is 13.7. The first-order valence-electron chi connectivity index (χ1n) is 6.99. The lowest BCUT2D eigenvalue weighted by molar-refractivity contribution is 0.216. The van der Waals surface area contributed by atoms with Gasteiger partial charge in [0.1, 0.15) is 5.69 Å². The molecule has 0 unspecified atom stereocenters. The summed E-state index contributed by atoms with van der Waals surface area (Å²) in [6, 6.07) is 9.57. The lowest BCUT2D eigenvalue weighted by Gasteiger charge is -2.14. The lowest BCUT2D eigenvalue weighted by Crippen LogP contribution is -2.16. The number of aliphatic hydroxyl groups excluding tert-OH is 1. The van der Waals surface area contributed by atoms with Crippen LogP contribution in [0.1, 0.15) is 17.2 Å². The molecule has 1 N–H and O–H groups in total. The molecule has 2 heterocycles. The molecular weight excluding hydrogens is 318 g/mol. The molecule has 0 aliphatic rings. The number of rotatable bonds is 5. The van der Waals surface area contributed by atoms with E-state index in [4.69, 9.17) is 11.6 Å². The molecule has 22 heavy (non-hydrogen) atoms. The molecule has 2 aromatic heterocycles. The minimum Gasteiger partial charge on any atom is -0.394 e.